The van der Waals surface area contributed by atoms with Crippen molar-refractivity contribution in [1.29, 1.82) is 0 Å². The molecular weight excluding hydrogens is 346 g/mol. The van der Waals surface area contributed by atoms with Crippen molar-refractivity contribution in [2.24, 2.45) is 0 Å². The van der Waals surface area contributed by atoms with Gasteiger partial charge in [0.25, 0.3) is 15.8 Å². The molecule has 0 amide bonds. The molecule has 0 saturated carbocycles. The summed E-state index contributed by atoms with van der Waals surface area (Å²) in [5.41, 5.74) is 0.0953. The summed E-state index contributed by atoms with van der Waals surface area (Å²) in [7, 11) is -5.37. The minimum absolute atomic E-state index is 0.102. The molecule has 0 fully saturated rings. The molecule has 22 heavy (non-hydrogen) atoms. The van der Waals surface area contributed by atoms with E-state index in [9.17, 15) is 18.5 Å². The van der Waals surface area contributed by atoms with Crippen LogP contribution in [0, 0.1) is 10.1 Å². The van der Waals surface area contributed by atoms with Gasteiger partial charge in [-0.25, -0.2) is 0 Å². The maximum absolute atomic E-state index is 11.8. The van der Waals surface area contributed by atoms with Gasteiger partial charge < -0.3 is 0 Å². The summed E-state index contributed by atoms with van der Waals surface area (Å²) in [6.45, 7) is 3.69. The SMILES string of the molecule is C[Si](C)(Cl)CCCCS(=O)(=O)OCc1ccccc1[N+](=O)[O-]. The molecule has 0 aliphatic rings. The van der Waals surface area contributed by atoms with E-state index in [2.05, 4.69) is 0 Å². The van der Waals surface area contributed by atoms with E-state index in [0.717, 1.165) is 12.5 Å². The van der Waals surface area contributed by atoms with E-state index >= 15 is 0 Å². The van der Waals surface area contributed by atoms with Crippen molar-refractivity contribution in [2.75, 3.05) is 5.75 Å². The standard InChI is InChI=1S/C13H20ClNO5SSi/c1-22(2,14)10-6-5-9-21(18,19)20-11-12-7-3-4-8-13(12)15(16)17/h3-4,7-8H,5-6,9-11H2,1-2H3. The lowest BCUT2D eigenvalue weighted by Gasteiger charge is -2.12. The molecule has 0 unspecified atom stereocenters. The summed E-state index contributed by atoms with van der Waals surface area (Å²) < 4.78 is 28.5. The molecule has 1 aromatic carbocycles. The molecule has 0 atom stereocenters. The van der Waals surface area contributed by atoms with Crippen LogP contribution in [-0.4, -0.2) is 26.5 Å². The summed E-state index contributed by atoms with van der Waals surface area (Å²) in [6, 6.07) is 6.77. The predicted octanol–water partition coefficient (Wildman–Crippen LogP) is 3.67. The van der Waals surface area contributed by atoms with E-state index in [1.807, 2.05) is 13.1 Å². The third-order valence-electron chi connectivity index (χ3n) is 3.00. The minimum Gasteiger partial charge on any atom is -0.265 e. The quantitative estimate of drug-likeness (QED) is 0.166. The number of benzene rings is 1. The molecule has 0 N–H and O–H groups in total. The highest BCUT2D eigenvalue weighted by atomic mass is 35.6. The van der Waals surface area contributed by atoms with Crippen LogP contribution in [0.25, 0.3) is 0 Å². The highest BCUT2D eigenvalue weighted by molar-refractivity contribution is 7.86. The maximum atomic E-state index is 11.8. The number of nitrogens with zero attached hydrogens (tertiary/aromatic N) is 1. The lowest BCUT2D eigenvalue weighted by Crippen LogP contribution is -2.16. The van der Waals surface area contributed by atoms with Gasteiger partial charge in [0.2, 0.25) is 0 Å². The lowest BCUT2D eigenvalue weighted by atomic mass is 10.2. The molecule has 0 aliphatic carbocycles. The normalized spacial score (nSPS) is 12.3. The van der Waals surface area contributed by atoms with Gasteiger partial charge in [-0.05, 0) is 18.5 Å². The molecule has 0 aromatic heterocycles. The van der Waals surface area contributed by atoms with Crippen LogP contribution < -0.4 is 0 Å². The molecular formula is C13H20ClNO5SSi. The van der Waals surface area contributed by atoms with Crippen molar-refractivity contribution in [3.63, 3.8) is 0 Å². The fourth-order valence-corrected chi connectivity index (χ4v) is 4.32. The molecule has 0 saturated heterocycles. The summed E-state index contributed by atoms with van der Waals surface area (Å²) >= 11 is 6.17. The van der Waals surface area contributed by atoms with Crippen LogP contribution in [0.15, 0.2) is 24.3 Å². The first-order chi connectivity index (χ1) is 10.1. The Labute approximate surface area is 136 Å². The topological polar surface area (TPSA) is 86.5 Å². The lowest BCUT2D eigenvalue weighted by molar-refractivity contribution is -0.385. The van der Waals surface area contributed by atoms with Crippen molar-refractivity contribution < 1.29 is 17.5 Å². The van der Waals surface area contributed by atoms with Crippen LogP contribution in [-0.2, 0) is 20.9 Å². The van der Waals surface area contributed by atoms with Crippen molar-refractivity contribution in [3.8, 4) is 0 Å². The van der Waals surface area contributed by atoms with Crippen molar-refractivity contribution in [3.05, 3.63) is 39.9 Å². The fourth-order valence-electron chi connectivity index (χ4n) is 1.85. The average molecular weight is 366 g/mol. The van der Waals surface area contributed by atoms with Crippen molar-refractivity contribution in [1.82, 2.24) is 0 Å². The van der Waals surface area contributed by atoms with Gasteiger partial charge in [-0.15, -0.1) is 0 Å². The van der Waals surface area contributed by atoms with Crippen LogP contribution in [0.5, 0.6) is 0 Å². The van der Waals surface area contributed by atoms with E-state index < -0.39 is 22.4 Å². The number of rotatable bonds is 9. The molecule has 0 spiro atoms. The number of hydrogen-bond acceptors (Lipinski definition) is 5. The largest absolute Gasteiger partial charge is 0.274 e. The van der Waals surface area contributed by atoms with Gasteiger partial charge in [0.15, 0.2) is 0 Å². The van der Waals surface area contributed by atoms with E-state index in [1.54, 1.807) is 6.07 Å². The Bertz CT molecular complexity index is 615. The molecule has 0 aliphatic heterocycles. The zero-order valence-electron chi connectivity index (χ0n) is 12.6. The highest BCUT2D eigenvalue weighted by Crippen LogP contribution is 2.20. The molecule has 0 radical (unpaired) electrons. The van der Waals surface area contributed by atoms with Gasteiger partial charge in [-0.1, -0.05) is 31.6 Å². The summed E-state index contributed by atoms with van der Waals surface area (Å²) in [6.07, 6.45) is 1.21. The van der Waals surface area contributed by atoms with Gasteiger partial charge in [-0.2, -0.15) is 19.5 Å². The van der Waals surface area contributed by atoms with Crippen molar-refractivity contribution in [2.45, 2.75) is 38.6 Å². The van der Waals surface area contributed by atoms with Gasteiger partial charge in [-0.3, -0.25) is 14.3 Å². The Balaban J connectivity index is 2.51. The van der Waals surface area contributed by atoms with Gasteiger partial charge >= 0.3 is 0 Å². The predicted molar refractivity (Wildman–Crippen MR) is 89.0 cm³/mol. The second-order valence-electron chi connectivity index (χ2n) is 5.59. The van der Waals surface area contributed by atoms with Crippen LogP contribution in [0.4, 0.5) is 5.69 Å². The van der Waals surface area contributed by atoms with Gasteiger partial charge in [0.1, 0.15) is 7.38 Å². The molecule has 6 nitrogen and oxygen atoms in total. The number of nitro benzene ring substituents is 1. The molecule has 9 heteroatoms. The third kappa shape index (κ3) is 7.35. The first kappa shape index (κ1) is 19.1. The minimum atomic E-state index is -3.69. The second-order valence-corrected chi connectivity index (χ2v) is 14.4. The molecule has 0 heterocycles. The first-order valence-corrected chi connectivity index (χ1v) is 12.7. The zero-order chi connectivity index (χ0) is 16.8. The Morgan fingerprint density at radius 3 is 2.50 bits per heavy atom. The van der Waals surface area contributed by atoms with Crippen molar-refractivity contribution >= 4 is 34.3 Å². The highest BCUT2D eigenvalue weighted by Gasteiger charge is 2.19. The molecule has 0 bridgehead atoms. The second kappa shape index (κ2) is 8.05. The third-order valence-corrected chi connectivity index (χ3v) is 6.37. The summed E-state index contributed by atoms with van der Waals surface area (Å²) in [5.74, 6) is -0.102. The van der Waals surface area contributed by atoms with E-state index in [1.165, 1.54) is 18.2 Å². The Morgan fingerprint density at radius 1 is 1.27 bits per heavy atom. The fraction of sp³-hybridized carbons (Fsp3) is 0.538. The summed E-state index contributed by atoms with van der Waals surface area (Å²) in [4.78, 5) is 10.3. The number of para-hydroxylation sites is 1. The average Bonchev–Trinajstić information content (AvgIpc) is 2.41. The Morgan fingerprint density at radius 2 is 1.91 bits per heavy atom. The Kier molecular flexibility index (Phi) is 6.98. The molecule has 1 rings (SSSR count). The van der Waals surface area contributed by atoms with Gasteiger partial charge in [0.05, 0.1) is 22.8 Å². The molecule has 124 valence electrons. The molecule has 1 aromatic rings. The van der Waals surface area contributed by atoms with E-state index in [4.69, 9.17) is 15.3 Å². The van der Waals surface area contributed by atoms with Crippen LogP contribution in [0.1, 0.15) is 18.4 Å². The number of nitro groups is 1. The van der Waals surface area contributed by atoms with E-state index in [0.29, 0.717) is 6.42 Å². The number of halogens is 1. The van der Waals surface area contributed by atoms with Gasteiger partial charge in [0, 0.05) is 6.07 Å². The first-order valence-electron chi connectivity index (χ1n) is 6.89. The van der Waals surface area contributed by atoms with Crippen LogP contribution >= 0.6 is 11.1 Å². The Hall–Kier alpha value is -0.963. The number of unbranched alkanes of at least 4 members (excludes halogenated alkanes) is 1. The van der Waals surface area contributed by atoms with Crippen LogP contribution in [0.3, 0.4) is 0 Å². The maximum Gasteiger partial charge on any atom is 0.274 e. The zero-order valence-corrected chi connectivity index (χ0v) is 15.2. The summed E-state index contributed by atoms with van der Waals surface area (Å²) in [5, 5.41) is 10.8. The number of hydrogen-bond donors (Lipinski definition) is 0. The monoisotopic (exact) mass is 365 g/mol. The van der Waals surface area contributed by atoms with E-state index in [-0.39, 0.29) is 23.6 Å². The smallest absolute Gasteiger partial charge is 0.265 e. The van der Waals surface area contributed by atoms with Crippen LogP contribution in [0.2, 0.25) is 19.1 Å².